The first kappa shape index (κ1) is 107. The number of piperidine rings is 1. The summed E-state index contributed by atoms with van der Waals surface area (Å²) in [6.07, 6.45) is 18.9. The molecule has 4 N–H and O–H groups in total. The van der Waals surface area contributed by atoms with Crippen LogP contribution < -0.4 is 46.5 Å². The first-order valence-corrected chi connectivity index (χ1v) is 47.4. The fourth-order valence-corrected chi connectivity index (χ4v) is 17.6. The molecule has 2 aliphatic heterocycles. The van der Waals surface area contributed by atoms with Gasteiger partial charge in [0.2, 0.25) is 24.1 Å². The van der Waals surface area contributed by atoms with Gasteiger partial charge in [0.25, 0.3) is 22.2 Å². The maximum absolute atomic E-state index is 15.2. The maximum Gasteiger partial charge on any atom is 0.387 e. The van der Waals surface area contributed by atoms with Crippen molar-refractivity contribution in [2.45, 2.75) is 177 Å². The second kappa shape index (κ2) is 44.3. The molecular formula is C107H109F9N20O13. The average Bonchev–Trinajstić information content (AvgIpc) is 1.63. The van der Waals surface area contributed by atoms with Gasteiger partial charge in [0, 0.05) is 187 Å². The van der Waals surface area contributed by atoms with Crippen LogP contribution in [0.3, 0.4) is 0 Å². The lowest BCUT2D eigenvalue weighted by molar-refractivity contribution is -0.135. The molecule has 1 unspecified atom stereocenters. The number of pyridine rings is 1. The summed E-state index contributed by atoms with van der Waals surface area (Å²) < 4.78 is 154. The number of amides is 2. The number of likely N-dealkylation sites (tertiary alicyclic amines) is 2. The van der Waals surface area contributed by atoms with E-state index < -0.39 is 65.7 Å². The Morgan fingerprint density at radius 3 is 1.34 bits per heavy atom. The predicted molar refractivity (Wildman–Crippen MR) is 540 cm³/mol. The molecule has 0 aliphatic carbocycles. The van der Waals surface area contributed by atoms with Gasteiger partial charge in [-0.05, 0) is 174 Å². The van der Waals surface area contributed by atoms with E-state index >= 15 is 4.39 Å². The Kier molecular flexibility index (Phi) is 31.8. The third-order valence-electron chi connectivity index (χ3n) is 25.6. The van der Waals surface area contributed by atoms with Gasteiger partial charge in [0.15, 0.2) is 28.9 Å². The SMILES string of the molecule is C#CCc1ccc(OC(F)F)c(Cn2c3cc(-c4cnc(C(C)(C)O)nc4)ccc3c(=O)n2C)c1.CC(=O)N1CC(Cc2ccc(OC(F)F)c(Cn3c4cc(-c5cnc(C(C)(C)O)nc5)c(F)cc4c(=O)n3C)c2)C1.CCc1ccc(OC(F)F)c(Cn2c3cc(-c4cnc(N[C@H]5CCN(C)C(=O)C5)nc4)ccc3c(=O)n2C)c1.Cc1ccc(OC(C)F)c(Cn2c3nc(-c4cnc(C(C)(C)O)nc4)c(F)cc3c(=O)n2C)c1. The van der Waals surface area contributed by atoms with Crippen LogP contribution in [0.4, 0.5) is 45.5 Å². The van der Waals surface area contributed by atoms with Crippen LogP contribution in [-0.4, -0.2) is 178 Å². The Morgan fingerprint density at radius 1 is 0.477 bits per heavy atom. The Hall–Kier alpha value is -16.2. The van der Waals surface area contributed by atoms with Crippen molar-refractivity contribution in [2.75, 3.05) is 32.0 Å². The van der Waals surface area contributed by atoms with E-state index in [4.69, 9.17) is 25.4 Å². The van der Waals surface area contributed by atoms with Crippen LogP contribution in [0.1, 0.15) is 137 Å². The van der Waals surface area contributed by atoms with Crippen molar-refractivity contribution in [1.82, 2.24) is 92.1 Å². The van der Waals surface area contributed by atoms with Crippen LogP contribution in [0.2, 0.25) is 0 Å². The molecule has 0 bridgehead atoms. The highest BCUT2D eigenvalue weighted by atomic mass is 19.3. The van der Waals surface area contributed by atoms with E-state index in [1.54, 1.807) is 176 Å². The topological polar surface area (TPSA) is 374 Å². The van der Waals surface area contributed by atoms with Crippen molar-refractivity contribution in [2.24, 2.45) is 34.1 Å². The summed E-state index contributed by atoms with van der Waals surface area (Å²) in [6.45, 7) is 9.40. The van der Waals surface area contributed by atoms with E-state index in [1.165, 1.54) is 96.5 Å². The number of carbonyl (C=O) groups is 2. The van der Waals surface area contributed by atoms with E-state index in [1.807, 2.05) is 44.2 Å². The summed E-state index contributed by atoms with van der Waals surface area (Å²) in [5.41, 5.74) is 6.26. The molecular weight excluding hydrogens is 1940 g/mol. The zero-order valence-corrected chi connectivity index (χ0v) is 84.1. The summed E-state index contributed by atoms with van der Waals surface area (Å²) in [4.78, 5) is 117. The van der Waals surface area contributed by atoms with E-state index in [2.05, 4.69) is 56.1 Å². The molecule has 33 nitrogen and oxygen atoms in total. The fraction of sp³-hybridized carbons (Fsp3) is 0.336. The average molecular weight is 2050 g/mol. The number of benzene rings is 7. The van der Waals surface area contributed by atoms with Crippen molar-refractivity contribution < 1.29 is 83.4 Å². The third kappa shape index (κ3) is 24.4. The summed E-state index contributed by atoms with van der Waals surface area (Å²) in [6, 6.07) is 34.7. The number of fused-ring (bicyclic) bond motifs is 4. The van der Waals surface area contributed by atoms with Crippen LogP contribution in [-0.2, 0) is 100 Å². The van der Waals surface area contributed by atoms with Crippen molar-refractivity contribution in [1.29, 1.82) is 0 Å². The van der Waals surface area contributed by atoms with Crippen molar-refractivity contribution in [3.8, 4) is 80.0 Å². The summed E-state index contributed by atoms with van der Waals surface area (Å²) in [5.74, 6) is 3.03. The number of aliphatic hydroxyl groups is 3. The molecule has 0 saturated carbocycles. The lowest BCUT2D eigenvalue weighted by Gasteiger charge is -2.38. The van der Waals surface area contributed by atoms with Crippen LogP contribution >= 0.6 is 0 Å². The predicted octanol–water partition coefficient (Wildman–Crippen LogP) is 15.3. The van der Waals surface area contributed by atoms with Crippen LogP contribution in [0.15, 0.2) is 196 Å². The monoisotopic (exact) mass is 2050 g/mol. The zero-order chi connectivity index (χ0) is 107. The summed E-state index contributed by atoms with van der Waals surface area (Å²) in [5, 5.41) is 34.7. The van der Waals surface area contributed by atoms with Gasteiger partial charge >= 0.3 is 19.8 Å². The second-order valence-corrected chi connectivity index (χ2v) is 38.0. The van der Waals surface area contributed by atoms with Gasteiger partial charge in [-0.15, -0.1) is 12.3 Å². The number of terminal acetylenes is 1. The molecule has 0 spiro atoms. The standard InChI is InChI=1S/C29H30F3N5O4.C28H30F2N6O3.C26H24F2N4O3.C24H25F2N5O3/c1-16(38)36-13-18(14-36)7-17-5-6-25(41-28(31)32)19(8-17)15-37-24-10-21(23(30)9-22(24)26(39)35(37)4)20-11-33-27(34-12-20)29(2,3)40;1-4-17-5-8-24(39-27(29)30)19(11-17)16-36-23-12-18(6-7-22(23)26(38)35(36)3)20-14-31-28(32-15-20)33-21-9-10-34(2)25(37)13-21;1-5-6-16-7-10-22(35-25(27)28)18(11-16)15-32-21-12-17(8-9-20(21)23(33)31(32)4)19-13-29-24(30-14-19)26(2,3)34;1-13-6-7-19(34-14(2)25)15(8-13)12-31-21-17(22(32)30(31)5)9-18(26)20(29-21)16-10-27-23(28-11-16)24(3,4)33/h5-6,8-12,18,28,40H,7,13-15H2,1-4H3;5-8,11-12,14-15,21,27H,4,9-10,13,16H2,1-3H3,(H,31,32,33);1,7-14,25,34H,6,15H2,2-4H3;6-11,14,33H,12H2,1-5H3/t;21-;;/m.0../s1. The molecule has 9 aromatic heterocycles. The molecule has 11 heterocycles. The number of nitrogens with zero attached hydrogens (tertiary/aromatic N) is 19. The molecule has 2 fully saturated rings. The normalized spacial score (nSPS) is 13.7. The van der Waals surface area contributed by atoms with Gasteiger partial charge in [-0.25, -0.2) is 58.0 Å². The van der Waals surface area contributed by atoms with E-state index in [0.29, 0.717) is 117 Å². The second-order valence-electron chi connectivity index (χ2n) is 38.0. The van der Waals surface area contributed by atoms with Gasteiger partial charge < -0.3 is 49.4 Å². The fourth-order valence-electron chi connectivity index (χ4n) is 17.6. The quantitative estimate of drug-likeness (QED) is 0.0250. The minimum atomic E-state index is -3.05. The van der Waals surface area contributed by atoms with Gasteiger partial charge in [-0.1, -0.05) is 67.1 Å². The smallest absolute Gasteiger partial charge is 0.387 e. The first-order chi connectivity index (χ1) is 70.6. The molecule has 0 radical (unpaired) electrons. The maximum atomic E-state index is 15.2. The Morgan fingerprint density at radius 2 is 0.879 bits per heavy atom. The minimum Gasteiger partial charge on any atom is -0.460 e. The number of aromatic nitrogens is 17. The Labute approximate surface area is 847 Å². The molecule has 2 atom stereocenters. The molecule has 778 valence electrons. The Bertz CT molecular complexity index is 7990. The van der Waals surface area contributed by atoms with E-state index in [9.17, 15) is 79.2 Å². The zero-order valence-electron chi connectivity index (χ0n) is 84.1. The molecule has 42 heteroatoms. The molecule has 16 aromatic rings. The number of hydrogen-bond acceptors (Lipinski definition) is 23. The van der Waals surface area contributed by atoms with Gasteiger partial charge in [0.05, 0.1) is 64.3 Å². The molecule has 2 aliphatic rings. The number of carbonyl (C=O) groups excluding carboxylic acids is 2. The van der Waals surface area contributed by atoms with Crippen molar-refractivity contribution in [3.05, 3.63) is 292 Å². The number of rotatable bonds is 29. The summed E-state index contributed by atoms with van der Waals surface area (Å²) in [7, 11) is 8.13. The van der Waals surface area contributed by atoms with Crippen LogP contribution in [0.5, 0.6) is 23.0 Å². The van der Waals surface area contributed by atoms with E-state index in [-0.39, 0.29) is 123 Å². The number of alkyl halides is 7. The summed E-state index contributed by atoms with van der Waals surface area (Å²) >= 11 is 0. The number of ether oxygens (including phenoxy) is 4. The lowest BCUT2D eigenvalue weighted by Crippen LogP contribution is -2.49. The highest BCUT2D eigenvalue weighted by Crippen LogP contribution is 2.37. The van der Waals surface area contributed by atoms with Gasteiger partial charge in [0.1, 0.15) is 51.3 Å². The number of nitrogens with one attached hydrogen (secondary N) is 1. The number of anilines is 1. The number of hydrogen-bond donors (Lipinski definition) is 4. The molecule has 7 aromatic carbocycles. The molecule has 149 heavy (non-hydrogen) atoms. The number of halogens is 9. The van der Waals surface area contributed by atoms with Crippen molar-refractivity contribution in [3.63, 3.8) is 0 Å². The van der Waals surface area contributed by atoms with Crippen molar-refractivity contribution >= 4 is 61.5 Å². The molecule has 18 rings (SSSR count). The van der Waals surface area contributed by atoms with Gasteiger partial charge in [-0.3, -0.25) is 66.2 Å². The van der Waals surface area contributed by atoms with Crippen LogP contribution in [0, 0.1) is 36.8 Å². The highest BCUT2D eigenvalue weighted by molar-refractivity contribution is 5.88. The molecule has 2 saturated heterocycles. The largest absolute Gasteiger partial charge is 0.460 e. The minimum absolute atomic E-state index is 0.00537. The third-order valence-corrected chi connectivity index (χ3v) is 25.6. The highest BCUT2D eigenvalue weighted by Gasteiger charge is 2.33. The first-order valence-electron chi connectivity index (χ1n) is 47.4. The van der Waals surface area contributed by atoms with Crippen LogP contribution in [0.25, 0.3) is 88.4 Å². The van der Waals surface area contributed by atoms with Gasteiger partial charge in [-0.2, -0.15) is 26.3 Å². The Balaban J connectivity index is 0.000000149. The lowest BCUT2D eigenvalue weighted by atomic mass is 9.91. The number of aryl methyl sites for hydroxylation is 2. The van der Waals surface area contributed by atoms with E-state index in [0.717, 1.165) is 63.9 Å². The molecule has 2 amide bonds.